The fourth-order valence-corrected chi connectivity index (χ4v) is 2.16. The number of aliphatic hydroxyl groups is 1. The molecule has 1 heterocycles. The smallest absolute Gasteiger partial charge is 0.104 e. The summed E-state index contributed by atoms with van der Waals surface area (Å²) < 4.78 is 1.99. The van der Waals surface area contributed by atoms with Crippen molar-refractivity contribution in [2.45, 2.75) is 6.54 Å². The highest BCUT2D eigenvalue weighted by Gasteiger charge is 2.02. The molecular formula is C17H14N2O. The van der Waals surface area contributed by atoms with Crippen LogP contribution in [0, 0.1) is 11.8 Å². The molecule has 3 rings (SSSR count). The van der Waals surface area contributed by atoms with Gasteiger partial charge in [-0.2, -0.15) is 5.10 Å². The fraction of sp³-hybridized carbons (Fsp3) is 0.118. The zero-order chi connectivity index (χ0) is 13.8. The lowest BCUT2D eigenvalue weighted by molar-refractivity contribution is 0.350. The Bertz CT molecular complexity index is 776. The van der Waals surface area contributed by atoms with Crippen LogP contribution in [-0.4, -0.2) is 21.5 Å². The minimum absolute atomic E-state index is 0.110. The molecule has 0 unspecified atom stereocenters. The van der Waals surface area contributed by atoms with Crippen LogP contribution in [0.15, 0.2) is 54.7 Å². The van der Waals surface area contributed by atoms with Gasteiger partial charge in [0.05, 0.1) is 18.3 Å². The monoisotopic (exact) mass is 262 g/mol. The molecule has 3 heteroatoms. The van der Waals surface area contributed by atoms with Gasteiger partial charge in [0.25, 0.3) is 0 Å². The van der Waals surface area contributed by atoms with Crippen molar-refractivity contribution in [1.29, 1.82) is 0 Å². The number of rotatable bonds is 2. The molecule has 0 saturated heterocycles. The Labute approximate surface area is 117 Å². The van der Waals surface area contributed by atoms with E-state index in [1.165, 1.54) is 5.56 Å². The van der Waals surface area contributed by atoms with Crippen LogP contribution in [0.25, 0.3) is 10.9 Å². The van der Waals surface area contributed by atoms with Crippen LogP contribution in [0.5, 0.6) is 0 Å². The Balaban J connectivity index is 1.84. The number of aromatic nitrogens is 2. The summed E-state index contributed by atoms with van der Waals surface area (Å²) in [4.78, 5) is 0. The zero-order valence-electron chi connectivity index (χ0n) is 11.0. The van der Waals surface area contributed by atoms with Crippen LogP contribution in [0.3, 0.4) is 0 Å². The first-order chi connectivity index (χ1) is 9.86. The third-order valence-corrected chi connectivity index (χ3v) is 3.15. The number of para-hydroxylation sites is 1. The van der Waals surface area contributed by atoms with Crippen molar-refractivity contribution < 1.29 is 5.11 Å². The molecule has 0 spiro atoms. The normalized spacial score (nSPS) is 10.2. The van der Waals surface area contributed by atoms with Gasteiger partial charge in [-0.15, -0.1) is 0 Å². The van der Waals surface area contributed by atoms with Gasteiger partial charge < -0.3 is 5.11 Å². The quantitative estimate of drug-likeness (QED) is 0.720. The van der Waals surface area contributed by atoms with E-state index in [2.05, 4.69) is 29.1 Å². The minimum Gasteiger partial charge on any atom is -0.384 e. The maximum absolute atomic E-state index is 8.67. The Morgan fingerprint density at radius 3 is 2.65 bits per heavy atom. The van der Waals surface area contributed by atoms with E-state index in [9.17, 15) is 0 Å². The lowest BCUT2D eigenvalue weighted by Crippen LogP contribution is -2.01. The van der Waals surface area contributed by atoms with E-state index in [4.69, 9.17) is 5.11 Å². The second-order valence-electron chi connectivity index (χ2n) is 4.52. The van der Waals surface area contributed by atoms with E-state index in [1.54, 1.807) is 0 Å². The molecule has 0 aliphatic carbocycles. The van der Waals surface area contributed by atoms with Gasteiger partial charge >= 0.3 is 0 Å². The first-order valence-electron chi connectivity index (χ1n) is 6.46. The van der Waals surface area contributed by atoms with E-state index in [-0.39, 0.29) is 6.61 Å². The largest absolute Gasteiger partial charge is 0.384 e. The Hall–Kier alpha value is -2.57. The van der Waals surface area contributed by atoms with Gasteiger partial charge in [-0.3, -0.25) is 4.68 Å². The minimum atomic E-state index is -0.110. The molecule has 3 aromatic rings. The van der Waals surface area contributed by atoms with Crippen molar-refractivity contribution in [1.82, 2.24) is 9.78 Å². The standard InChI is InChI=1S/C17H14N2O/c20-11-3-4-14-7-9-15(10-8-14)13-19-17-6-2-1-5-16(17)12-18-19/h1-2,5-10,12,20H,11,13H2. The number of hydrogen-bond acceptors (Lipinski definition) is 2. The second kappa shape index (κ2) is 5.60. The van der Waals surface area contributed by atoms with Crippen LogP contribution in [-0.2, 0) is 6.54 Å². The fourth-order valence-electron chi connectivity index (χ4n) is 2.16. The van der Waals surface area contributed by atoms with E-state index in [1.807, 2.05) is 47.3 Å². The highest BCUT2D eigenvalue weighted by molar-refractivity contribution is 5.78. The number of benzene rings is 2. The van der Waals surface area contributed by atoms with E-state index in [0.29, 0.717) is 0 Å². The summed E-state index contributed by atoms with van der Waals surface area (Å²) in [6, 6.07) is 16.2. The van der Waals surface area contributed by atoms with E-state index in [0.717, 1.165) is 23.0 Å². The number of nitrogens with zero attached hydrogens (tertiary/aromatic N) is 2. The second-order valence-corrected chi connectivity index (χ2v) is 4.52. The third kappa shape index (κ3) is 2.56. The SMILES string of the molecule is OCC#Cc1ccc(Cn2ncc3ccccc32)cc1. The van der Waals surface area contributed by atoms with Gasteiger partial charge in [0.1, 0.15) is 6.61 Å². The molecule has 20 heavy (non-hydrogen) atoms. The van der Waals surface area contributed by atoms with Gasteiger partial charge in [-0.05, 0) is 23.8 Å². The average Bonchev–Trinajstić information content (AvgIpc) is 2.90. The Morgan fingerprint density at radius 1 is 1.05 bits per heavy atom. The lowest BCUT2D eigenvalue weighted by atomic mass is 10.1. The van der Waals surface area contributed by atoms with Crippen LogP contribution in [0.1, 0.15) is 11.1 Å². The molecule has 98 valence electrons. The van der Waals surface area contributed by atoms with Crippen molar-refractivity contribution in [3.63, 3.8) is 0 Å². The van der Waals surface area contributed by atoms with Crippen LogP contribution in [0.4, 0.5) is 0 Å². The first kappa shape index (κ1) is 12.5. The van der Waals surface area contributed by atoms with Crippen molar-refractivity contribution in [3.8, 4) is 11.8 Å². The maximum atomic E-state index is 8.67. The van der Waals surface area contributed by atoms with Crippen molar-refractivity contribution in [2.24, 2.45) is 0 Å². The van der Waals surface area contributed by atoms with Crippen molar-refractivity contribution in [3.05, 3.63) is 65.9 Å². The molecule has 3 nitrogen and oxygen atoms in total. The summed E-state index contributed by atoms with van der Waals surface area (Å²) in [5.41, 5.74) is 3.22. The molecule has 0 atom stereocenters. The molecule has 2 aromatic carbocycles. The summed E-state index contributed by atoms with van der Waals surface area (Å²) in [5.74, 6) is 5.53. The van der Waals surface area contributed by atoms with E-state index >= 15 is 0 Å². The van der Waals surface area contributed by atoms with Crippen LogP contribution in [0.2, 0.25) is 0 Å². The lowest BCUT2D eigenvalue weighted by Gasteiger charge is -2.04. The van der Waals surface area contributed by atoms with Gasteiger partial charge in [-0.25, -0.2) is 0 Å². The predicted molar refractivity (Wildman–Crippen MR) is 79.2 cm³/mol. The third-order valence-electron chi connectivity index (χ3n) is 3.15. The summed E-state index contributed by atoms with van der Waals surface area (Å²) >= 11 is 0. The summed E-state index contributed by atoms with van der Waals surface area (Å²) in [7, 11) is 0. The van der Waals surface area contributed by atoms with Gasteiger partial charge in [-0.1, -0.05) is 42.2 Å². The molecular weight excluding hydrogens is 248 g/mol. The molecule has 0 fully saturated rings. The summed E-state index contributed by atoms with van der Waals surface area (Å²) in [6.45, 7) is 0.627. The summed E-state index contributed by atoms with van der Waals surface area (Å²) in [5, 5.41) is 14.2. The summed E-state index contributed by atoms with van der Waals surface area (Å²) in [6.07, 6.45) is 1.89. The molecule has 0 saturated carbocycles. The van der Waals surface area contributed by atoms with Crippen molar-refractivity contribution >= 4 is 10.9 Å². The molecule has 0 amide bonds. The molecule has 0 aliphatic heterocycles. The molecule has 0 aliphatic rings. The van der Waals surface area contributed by atoms with Gasteiger partial charge in [0.2, 0.25) is 0 Å². The molecule has 1 aromatic heterocycles. The average molecular weight is 262 g/mol. The van der Waals surface area contributed by atoms with E-state index < -0.39 is 0 Å². The van der Waals surface area contributed by atoms with Crippen molar-refractivity contribution in [2.75, 3.05) is 6.61 Å². The topological polar surface area (TPSA) is 38.0 Å². The molecule has 1 N–H and O–H groups in total. The predicted octanol–water partition coefficient (Wildman–Crippen LogP) is 2.43. The number of hydrogen-bond donors (Lipinski definition) is 1. The van der Waals surface area contributed by atoms with Gasteiger partial charge in [0, 0.05) is 10.9 Å². The number of aliphatic hydroxyl groups excluding tert-OH is 1. The highest BCUT2D eigenvalue weighted by Crippen LogP contribution is 2.14. The van der Waals surface area contributed by atoms with Crippen LogP contribution < -0.4 is 0 Å². The Kier molecular flexibility index (Phi) is 3.49. The van der Waals surface area contributed by atoms with Crippen LogP contribution >= 0.6 is 0 Å². The molecule has 0 bridgehead atoms. The number of fused-ring (bicyclic) bond motifs is 1. The maximum Gasteiger partial charge on any atom is 0.104 e. The van der Waals surface area contributed by atoms with Gasteiger partial charge in [0.15, 0.2) is 0 Å². The molecule has 0 radical (unpaired) electrons. The Morgan fingerprint density at radius 2 is 1.85 bits per heavy atom. The first-order valence-corrected chi connectivity index (χ1v) is 6.46. The zero-order valence-corrected chi connectivity index (χ0v) is 11.0. The highest BCUT2D eigenvalue weighted by atomic mass is 16.2.